The third-order valence-electron chi connectivity index (χ3n) is 4.81. The number of hydrogen-bond acceptors (Lipinski definition) is 4. The van der Waals surface area contributed by atoms with Crippen LogP contribution in [-0.2, 0) is 22.5 Å². The largest absolute Gasteiger partial charge is 0.492 e. The van der Waals surface area contributed by atoms with Crippen molar-refractivity contribution in [1.29, 1.82) is 0 Å². The van der Waals surface area contributed by atoms with Gasteiger partial charge in [0, 0.05) is 26.1 Å². The van der Waals surface area contributed by atoms with Crippen molar-refractivity contribution >= 4 is 0 Å². The summed E-state index contributed by atoms with van der Waals surface area (Å²) in [5.74, 6) is 0.926. The first-order chi connectivity index (χ1) is 13.1. The topological polar surface area (TPSA) is 30.9 Å². The quantitative estimate of drug-likeness (QED) is 0.670. The van der Waals surface area contributed by atoms with E-state index in [1.807, 2.05) is 18.2 Å². The van der Waals surface area contributed by atoms with Gasteiger partial charge in [-0.15, -0.1) is 0 Å². The van der Waals surface area contributed by atoms with Crippen LogP contribution in [-0.4, -0.2) is 50.0 Å². The molecule has 1 saturated heterocycles. The SMILES string of the molecule is CC(C)(Cc1ccc(OCCN2CCOCC2)cc1)OCc1ccccc1. The van der Waals surface area contributed by atoms with Crippen molar-refractivity contribution in [2.45, 2.75) is 32.5 Å². The lowest BCUT2D eigenvalue weighted by Gasteiger charge is -2.26. The lowest BCUT2D eigenvalue weighted by Crippen LogP contribution is -2.38. The Hall–Kier alpha value is -1.88. The van der Waals surface area contributed by atoms with Crippen LogP contribution in [0.5, 0.6) is 5.75 Å². The predicted octanol–water partition coefficient (Wildman–Crippen LogP) is 3.94. The van der Waals surface area contributed by atoms with E-state index in [0.717, 1.165) is 45.0 Å². The number of morpholine rings is 1. The van der Waals surface area contributed by atoms with Crippen LogP contribution in [0.4, 0.5) is 0 Å². The van der Waals surface area contributed by atoms with Crippen LogP contribution in [0.2, 0.25) is 0 Å². The van der Waals surface area contributed by atoms with E-state index < -0.39 is 0 Å². The van der Waals surface area contributed by atoms with Gasteiger partial charge in [-0.25, -0.2) is 0 Å². The zero-order chi connectivity index (χ0) is 19.0. The molecule has 0 saturated carbocycles. The minimum atomic E-state index is -0.214. The lowest BCUT2D eigenvalue weighted by molar-refractivity contribution is -0.0287. The summed E-state index contributed by atoms with van der Waals surface area (Å²) in [5, 5.41) is 0. The molecule has 0 unspecified atom stereocenters. The Bertz CT molecular complexity index is 664. The summed E-state index contributed by atoms with van der Waals surface area (Å²) in [6, 6.07) is 18.7. The number of hydrogen-bond donors (Lipinski definition) is 0. The van der Waals surface area contributed by atoms with E-state index >= 15 is 0 Å². The van der Waals surface area contributed by atoms with Crippen LogP contribution in [0.3, 0.4) is 0 Å². The highest BCUT2D eigenvalue weighted by atomic mass is 16.5. The molecule has 0 aliphatic carbocycles. The van der Waals surface area contributed by atoms with Crippen LogP contribution in [0.15, 0.2) is 54.6 Å². The maximum absolute atomic E-state index is 6.13. The van der Waals surface area contributed by atoms with E-state index in [2.05, 4.69) is 55.1 Å². The molecule has 0 spiro atoms. The van der Waals surface area contributed by atoms with Gasteiger partial charge in [-0.2, -0.15) is 0 Å². The summed E-state index contributed by atoms with van der Waals surface area (Å²) < 4.78 is 17.4. The molecule has 0 aromatic heterocycles. The molecule has 1 aliphatic heterocycles. The summed E-state index contributed by atoms with van der Waals surface area (Å²) in [6.45, 7) is 10.2. The van der Waals surface area contributed by atoms with Crippen LogP contribution in [0.1, 0.15) is 25.0 Å². The van der Waals surface area contributed by atoms with E-state index in [9.17, 15) is 0 Å². The second kappa shape index (κ2) is 9.88. The van der Waals surface area contributed by atoms with Gasteiger partial charge < -0.3 is 14.2 Å². The number of ether oxygens (including phenoxy) is 3. The Balaban J connectivity index is 1.42. The van der Waals surface area contributed by atoms with Crippen molar-refractivity contribution in [3.63, 3.8) is 0 Å². The van der Waals surface area contributed by atoms with Crippen molar-refractivity contribution in [3.8, 4) is 5.75 Å². The molecule has 4 heteroatoms. The van der Waals surface area contributed by atoms with Gasteiger partial charge in [-0.1, -0.05) is 42.5 Å². The fourth-order valence-electron chi connectivity index (χ4n) is 3.22. The van der Waals surface area contributed by atoms with Crippen molar-refractivity contribution in [2.24, 2.45) is 0 Å². The summed E-state index contributed by atoms with van der Waals surface area (Å²) in [6.07, 6.45) is 0.869. The third-order valence-corrected chi connectivity index (χ3v) is 4.81. The van der Waals surface area contributed by atoms with Gasteiger partial charge in [-0.3, -0.25) is 4.90 Å². The second-order valence-electron chi connectivity index (χ2n) is 7.66. The molecule has 27 heavy (non-hydrogen) atoms. The maximum Gasteiger partial charge on any atom is 0.119 e. The lowest BCUT2D eigenvalue weighted by atomic mass is 9.98. The van der Waals surface area contributed by atoms with Gasteiger partial charge in [0.1, 0.15) is 12.4 Å². The summed E-state index contributed by atoms with van der Waals surface area (Å²) in [7, 11) is 0. The molecule has 4 nitrogen and oxygen atoms in total. The molecule has 0 N–H and O–H groups in total. The molecular weight excluding hydrogens is 338 g/mol. The van der Waals surface area contributed by atoms with E-state index in [0.29, 0.717) is 13.2 Å². The zero-order valence-electron chi connectivity index (χ0n) is 16.5. The molecule has 0 amide bonds. The smallest absolute Gasteiger partial charge is 0.119 e. The zero-order valence-corrected chi connectivity index (χ0v) is 16.5. The minimum absolute atomic E-state index is 0.214. The normalized spacial score (nSPS) is 15.6. The molecule has 1 aliphatic rings. The molecular formula is C23H31NO3. The Morgan fingerprint density at radius 3 is 2.33 bits per heavy atom. The highest BCUT2D eigenvalue weighted by Crippen LogP contribution is 2.21. The Morgan fingerprint density at radius 1 is 0.926 bits per heavy atom. The van der Waals surface area contributed by atoms with E-state index in [1.165, 1.54) is 11.1 Å². The van der Waals surface area contributed by atoms with Gasteiger partial charge in [0.2, 0.25) is 0 Å². The van der Waals surface area contributed by atoms with Gasteiger partial charge in [-0.05, 0) is 37.1 Å². The molecule has 3 rings (SSSR count). The molecule has 0 bridgehead atoms. The maximum atomic E-state index is 6.13. The molecule has 1 heterocycles. The summed E-state index contributed by atoms with van der Waals surface area (Å²) in [4.78, 5) is 2.38. The van der Waals surface area contributed by atoms with Gasteiger partial charge in [0.15, 0.2) is 0 Å². The summed E-state index contributed by atoms with van der Waals surface area (Å²) >= 11 is 0. The third kappa shape index (κ3) is 6.98. The van der Waals surface area contributed by atoms with Gasteiger partial charge in [0.25, 0.3) is 0 Å². The first kappa shape index (κ1) is 19.9. The second-order valence-corrected chi connectivity index (χ2v) is 7.66. The number of rotatable bonds is 9. The van der Waals surface area contributed by atoms with Gasteiger partial charge >= 0.3 is 0 Å². The van der Waals surface area contributed by atoms with Crippen molar-refractivity contribution in [2.75, 3.05) is 39.5 Å². The average molecular weight is 370 g/mol. The van der Waals surface area contributed by atoms with E-state index in [-0.39, 0.29) is 5.60 Å². The molecule has 1 fully saturated rings. The molecule has 2 aromatic rings. The van der Waals surface area contributed by atoms with Crippen LogP contribution in [0, 0.1) is 0 Å². The van der Waals surface area contributed by atoms with Crippen molar-refractivity contribution < 1.29 is 14.2 Å². The first-order valence-electron chi connectivity index (χ1n) is 9.80. The average Bonchev–Trinajstić information content (AvgIpc) is 2.69. The van der Waals surface area contributed by atoms with Crippen molar-refractivity contribution in [1.82, 2.24) is 4.90 Å². The van der Waals surface area contributed by atoms with E-state index in [4.69, 9.17) is 14.2 Å². The van der Waals surface area contributed by atoms with Gasteiger partial charge in [0.05, 0.1) is 25.4 Å². The van der Waals surface area contributed by atoms with Crippen LogP contribution >= 0.6 is 0 Å². The number of nitrogens with zero attached hydrogens (tertiary/aromatic N) is 1. The molecule has 146 valence electrons. The Kier molecular flexibility index (Phi) is 7.27. The van der Waals surface area contributed by atoms with Crippen LogP contribution in [0.25, 0.3) is 0 Å². The highest BCUT2D eigenvalue weighted by molar-refractivity contribution is 5.28. The fraction of sp³-hybridized carbons (Fsp3) is 0.478. The fourth-order valence-corrected chi connectivity index (χ4v) is 3.22. The molecule has 0 atom stereocenters. The summed E-state index contributed by atoms with van der Waals surface area (Å²) in [5.41, 5.74) is 2.25. The minimum Gasteiger partial charge on any atom is -0.492 e. The first-order valence-corrected chi connectivity index (χ1v) is 9.80. The molecule has 2 aromatic carbocycles. The molecule has 0 radical (unpaired) electrons. The Labute approximate surface area is 163 Å². The monoisotopic (exact) mass is 369 g/mol. The number of benzene rings is 2. The Morgan fingerprint density at radius 2 is 1.63 bits per heavy atom. The highest BCUT2D eigenvalue weighted by Gasteiger charge is 2.19. The van der Waals surface area contributed by atoms with Crippen molar-refractivity contribution in [3.05, 3.63) is 65.7 Å². The van der Waals surface area contributed by atoms with Crippen LogP contribution < -0.4 is 4.74 Å². The standard InChI is InChI=1S/C23H31NO3/c1-23(2,27-19-21-6-4-3-5-7-21)18-20-8-10-22(11-9-20)26-17-14-24-12-15-25-16-13-24/h3-11H,12-19H2,1-2H3. The van der Waals surface area contributed by atoms with E-state index in [1.54, 1.807) is 0 Å². The predicted molar refractivity (Wildman–Crippen MR) is 108 cm³/mol.